The molecule has 3 aromatic carbocycles. The molecule has 0 unspecified atom stereocenters. The molecule has 0 aliphatic heterocycles. The van der Waals surface area contributed by atoms with Crippen molar-refractivity contribution in [1.29, 1.82) is 0 Å². The first kappa shape index (κ1) is 28.8. The van der Waals surface area contributed by atoms with Crippen molar-refractivity contribution in [2.75, 3.05) is 5.32 Å². The predicted molar refractivity (Wildman–Crippen MR) is 153 cm³/mol. The molecule has 4 rings (SSSR count). The summed E-state index contributed by atoms with van der Waals surface area (Å²) in [6, 6.07) is 17.4. The van der Waals surface area contributed by atoms with Crippen molar-refractivity contribution in [2.45, 2.75) is 38.1 Å². The quantitative estimate of drug-likeness (QED) is 0.114. The summed E-state index contributed by atoms with van der Waals surface area (Å²) in [6.07, 6.45) is 6.42. The highest BCUT2D eigenvalue weighted by molar-refractivity contribution is 6.40. The van der Waals surface area contributed by atoms with Crippen LogP contribution in [0.15, 0.2) is 71.8 Å². The Kier molecular flexibility index (Phi) is 9.88. The van der Waals surface area contributed by atoms with Gasteiger partial charge in [-0.25, -0.2) is 10.2 Å². The number of halogens is 2. The molecule has 0 spiro atoms. The van der Waals surface area contributed by atoms with Gasteiger partial charge in [-0.1, -0.05) is 66.7 Å². The monoisotopic (exact) mass is 580 g/mol. The highest BCUT2D eigenvalue weighted by atomic mass is 35.5. The van der Waals surface area contributed by atoms with Crippen LogP contribution in [-0.4, -0.2) is 35.9 Å². The summed E-state index contributed by atoms with van der Waals surface area (Å²) in [5.74, 6) is -2.78. The van der Waals surface area contributed by atoms with Crippen LogP contribution < -0.4 is 20.8 Å². The van der Waals surface area contributed by atoms with E-state index in [1.807, 2.05) is 0 Å². The lowest BCUT2D eigenvalue weighted by molar-refractivity contribution is -0.136. The van der Waals surface area contributed by atoms with Crippen molar-refractivity contribution in [3.63, 3.8) is 0 Å². The molecule has 206 valence electrons. The van der Waals surface area contributed by atoms with Crippen LogP contribution in [0.5, 0.6) is 5.75 Å². The largest absolute Gasteiger partial charge is 0.423 e. The first-order chi connectivity index (χ1) is 19.3. The molecular weight excluding hydrogens is 555 g/mol. The van der Waals surface area contributed by atoms with Crippen molar-refractivity contribution in [2.24, 2.45) is 5.10 Å². The van der Waals surface area contributed by atoms with Crippen LogP contribution >= 0.6 is 23.2 Å². The van der Waals surface area contributed by atoms with Crippen LogP contribution in [0.1, 0.15) is 58.4 Å². The van der Waals surface area contributed by atoms with Gasteiger partial charge in [0, 0.05) is 11.1 Å². The van der Waals surface area contributed by atoms with E-state index in [0.717, 1.165) is 32.1 Å². The summed E-state index contributed by atoms with van der Waals surface area (Å²) < 4.78 is 5.36. The highest BCUT2D eigenvalue weighted by Gasteiger charge is 2.21. The number of anilines is 1. The number of rotatable bonds is 7. The number of carbonyl (C=O) groups excluding carboxylic acids is 4. The lowest BCUT2D eigenvalue weighted by atomic mass is 9.95. The fourth-order valence-corrected chi connectivity index (χ4v) is 4.66. The Bertz CT molecular complexity index is 1450. The Hall–Kier alpha value is -4.21. The molecule has 0 atom stereocenters. The Labute approximate surface area is 240 Å². The number of amides is 3. The third kappa shape index (κ3) is 7.91. The van der Waals surface area contributed by atoms with Gasteiger partial charge in [-0.15, -0.1) is 0 Å². The van der Waals surface area contributed by atoms with Gasteiger partial charge in [0.15, 0.2) is 0 Å². The smallest absolute Gasteiger partial charge is 0.345 e. The third-order valence-corrected chi connectivity index (χ3v) is 6.71. The van der Waals surface area contributed by atoms with E-state index in [9.17, 15) is 19.2 Å². The number of hydrogen-bond acceptors (Lipinski definition) is 6. The second kappa shape index (κ2) is 13.7. The first-order valence-corrected chi connectivity index (χ1v) is 13.4. The Morgan fingerprint density at radius 2 is 1.62 bits per heavy atom. The maximum atomic E-state index is 12.8. The predicted octanol–water partition coefficient (Wildman–Crippen LogP) is 5.36. The summed E-state index contributed by atoms with van der Waals surface area (Å²) in [5, 5.41) is 9.82. The molecule has 0 bridgehead atoms. The van der Waals surface area contributed by atoms with Crippen molar-refractivity contribution >= 4 is 58.8 Å². The van der Waals surface area contributed by atoms with Gasteiger partial charge < -0.3 is 15.4 Å². The minimum atomic E-state index is -1.03. The zero-order valence-electron chi connectivity index (χ0n) is 21.3. The number of hydrogen-bond donors (Lipinski definition) is 3. The van der Waals surface area contributed by atoms with E-state index in [-0.39, 0.29) is 39.5 Å². The number of benzene rings is 3. The SMILES string of the molecule is O=C(N/N=C\c1cccc(OC(=O)c2ccc(Cl)cc2Cl)c1)C(=O)Nc1ccccc1C(=O)NC1CCCCC1. The topological polar surface area (TPSA) is 126 Å². The normalized spacial score (nSPS) is 13.4. The molecule has 3 N–H and O–H groups in total. The Balaban J connectivity index is 1.32. The number of carbonyl (C=O) groups is 4. The summed E-state index contributed by atoms with van der Waals surface area (Å²) in [7, 11) is 0. The van der Waals surface area contributed by atoms with Crippen molar-refractivity contribution in [3.05, 3.63) is 93.5 Å². The molecule has 3 amide bonds. The van der Waals surface area contributed by atoms with Gasteiger partial charge in [-0.05, 0) is 60.9 Å². The molecule has 11 heteroatoms. The third-order valence-electron chi connectivity index (χ3n) is 6.17. The average molecular weight is 581 g/mol. The molecule has 1 fully saturated rings. The Morgan fingerprint density at radius 3 is 2.40 bits per heavy atom. The van der Waals surface area contributed by atoms with Gasteiger partial charge in [0.25, 0.3) is 5.91 Å². The van der Waals surface area contributed by atoms with Crippen LogP contribution in [0.3, 0.4) is 0 Å². The van der Waals surface area contributed by atoms with Crippen molar-refractivity contribution in [3.8, 4) is 5.75 Å². The van der Waals surface area contributed by atoms with E-state index in [2.05, 4.69) is 21.2 Å². The van der Waals surface area contributed by atoms with Crippen LogP contribution in [0, 0.1) is 0 Å². The second-order valence-electron chi connectivity index (χ2n) is 9.09. The molecule has 0 aromatic heterocycles. The molecule has 0 saturated heterocycles. The standard InChI is InChI=1S/C29H26Cl2N4O5/c30-19-13-14-22(24(31)16-19)29(39)40-21-10-6-7-18(15-21)17-32-35-28(38)27(37)34-25-12-5-4-11-23(25)26(36)33-20-8-2-1-3-9-20/h4-7,10-17,20H,1-3,8-9H2,(H,33,36)(H,34,37)(H,35,38)/b32-17-. The van der Waals surface area contributed by atoms with Crippen LogP contribution in [-0.2, 0) is 9.59 Å². The van der Waals surface area contributed by atoms with E-state index in [4.69, 9.17) is 27.9 Å². The summed E-state index contributed by atoms with van der Waals surface area (Å²) in [4.78, 5) is 50.0. The van der Waals surface area contributed by atoms with Gasteiger partial charge in [0.1, 0.15) is 5.75 Å². The number of nitrogens with one attached hydrogen (secondary N) is 3. The lowest BCUT2D eigenvalue weighted by Gasteiger charge is -2.23. The fraction of sp³-hybridized carbons (Fsp3) is 0.207. The van der Waals surface area contributed by atoms with E-state index in [1.54, 1.807) is 42.5 Å². The Morgan fingerprint density at radius 1 is 0.850 bits per heavy atom. The molecule has 40 heavy (non-hydrogen) atoms. The van der Waals surface area contributed by atoms with Crippen molar-refractivity contribution in [1.82, 2.24) is 10.7 Å². The molecule has 9 nitrogen and oxygen atoms in total. The molecule has 0 radical (unpaired) electrons. The van der Waals surface area contributed by atoms with Crippen LogP contribution in [0.2, 0.25) is 10.0 Å². The number of hydrazone groups is 1. The minimum Gasteiger partial charge on any atom is -0.423 e. The second-order valence-corrected chi connectivity index (χ2v) is 9.94. The molecule has 0 heterocycles. The summed E-state index contributed by atoms with van der Waals surface area (Å²) in [5.41, 5.74) is 3.26. The van der Waals surface area contributed by atoms with E-state index >= 15 is 0 Å². The zero-order chi connectivity index (χ0) is 28.5. The molecule has 1 aliphatic rings. The summed E-state index contributed by atoms with van der Waals surface area (Å²) >= 11 is 11.9. The number of nitrogens with zero attached hydrogens (tertiary/aromatic N) is 1. The van der Waals surface area contributed by atoms with Gasteiger partial charge in [-0.2, -0.15) is 5.10 Å². The van der Waals surface area contributed by atoms with Crippen LogP contribution in [0.25, 0.3) is 0 Å². The zero-order valence-corrected chi connectivity index (χ0v) is 22.8. The highest BCUT2D eigenvalue weighted by Crippen LogP contribution is 2.23. The molecule has 1 aliphatic carbocycles. The average Bonchev–Trinajstić information content (AvgIpc) is 2.94. The summed E-state index contributed by atoms with van der Waals surface area (Å²) in [6.45, 7) is 0. The minimum absolute atomic E-state index is 0.0971. The van der Waals surface area contributed by atoms with Gasteiger partial charge in [-0.3, -0.25) is 14.4 Å². The van der Waals surface area contributed by atoms with Crippen molar-refractivity contribution < 1.29 is 23.9 Å². The van der Waals surface area contributed by atoms with E-state index in [1.165, 1.54) is 30.5 Å². The number of esters is 1. The van der Waals surface area contributed by atoms with Gasteiger partial charge in [0.05, 0.1) is 28.1 Å². The van der Waals surface area contributed by atoms with E-state index < -0.39 is 17.8 Å². The molecule has 3 aromatic rings. The van der Waals surface area contributed by atoms with Gasteiger partial charge >= 0.3 is 17.8 Å². The van der Waals surface area contributed by atoms with Crippen LogP contribution in [0.4, 0.5) is 5.69 Å². The molecule has 1 saturated carbocycles. The maximum Gasteiger partial charge on any atom is 0.345 e. The fourth-order valence-electron chi connectivity index (χ4n) is 4.17. The maximum absolute atomic E-state index is 12.8. The van der Waals surface area contributed by atoms with Gasteiger partial charge in [0.2, 0.25) is 0 Å². The van der Waals surface area contributed by atoms with E-state index in [0.29, 0.717) is 10.6 Å². The lowest BCUT2D eigenvalue weighted by Crippen LogP contribution is -2.37. The first-order valence-electron chi connectivity index (χ1n) is 12.6. The number of para-hydroxylation sites is 1. The number of ether oxygens (including phenoxy) is 1. The molecular formula is C29H26Cl2N4O5.